The number of anilines is 4. The van der Waals surface area contributed by atoms with Crippen LogP contribution in [0, 0.1) is 6.92 Å². The Kier molecular flexibility index (Phi) is 5.66. The lowest BCUT2D eigenvalue weighted by Crippen LogP contribution is -2.13. The first kappa shape index (κ1) is 20.2. The fourth-order valence-corrected chi connectivity index (χ4v) is 3.06. The molecule has 4 rings (SSSR count). The summed E-state index contributed by atoms with van der Waals surface area (Å²) in [6, 6.07) is 17.2. The average Bonchev–Trinajstić information content (AvgIpc) is 3.24. The van der Waals surface area contributed by atoms with E-state index in [1.165, 1.54) is 0 Å². The Bertz CT molecular complexity index is 1200. The standard InChI is InChI=1S/C24H23N5O2/c1-16-7-8-18(23(30)27-19-5-4-6-20(14-19)29(2)3)13-21(16)28-24-26-15-22(31-24)17-9-11-25-12-10-17/h4-15H,1-3H3,(H,26,28)(H,27,30). The van der Waals surface area contributed by atoms with Crippen LogP contribution in [0.5, 0.6) is 0 Å². The molecule has 0 aliphatic rings. The molecule has 2 aromatic heterocycles. The number of nitrogens with one attached hydrogen (secondary N) is 2. The molecule has 0 atom stereocenters. The van der Waals surface area contributed by atoms with Gasteiger partial charge in [0, 0.05) is 54.7 Å². The zero-order chi connectivity index (χ0) is 21.8. The van der Waals surface area contributed by atoms with E-state index in [4.69, 9.17) is 4.42 Å². The molecule has 0 aliphatic heterocycles. The van der Waals surface area contributed by atoms with Gasteiger partial charge in [-0.1, -0.05) is 12.1 Å². The lowest BCUT2D eigenvalue weighted by atomic mass is 10.1. The summed E-state index contributed by atoms with van der Waals surface area (Å²) in [7, 11) is 3.92. The fourth-order valence-electron chi connectivity index (χ4n) is 3.06. The van der Waals surface area contributed by atoms with Gasteiger partial charge in [-0.15, -0.1) is 0 Å². The quantitative estimate of drug-likeness (QED) is 0.457. The summed E-state index contributed by atoms with van der Waals surface area (Å²) in [6.07, 6.45) is 5.05. The van der Waals surface area contributed by atoms with E-state index in [2.05, 4.69) is 20.6 Å². The molecule has 31 heavy (non-hydrogen) atoms. The maximum Gasteiger partial charge on any atom is 0.299 e. The Morgan fingerprint density at radius 3 is 2.61 bits per heavy atom. The summed E-state index contributed by atoms with van der Waals surface area (Å²) in [6.45, 7) is 1.96. The van der Waals surface area contributed by atoms with E-state index in [0.29, 0.717) is 17.3 Å². The SMILES string of the molecule is Cc1ccc(C(=O)Nc2cccc(N(C)C)c2)cc1Nc1ncc(-c2ccncc2)o1. The van der Waals surface area contributed by atoms with Crippen molar-refractivity contribution in [3.63, 3.8) is 0 Å². The molecule has 0 bridgehead atoms. The van der Waals surface area contributed by atoms with E-state index in [9.17, 15) is 4.79 Å². The molecular weight excluding hydrogens is 390 g/mol. The van der Waals surface area contributed by atoms with Crippen molar-refractivity contribution in [2.75, 3.05) is 29.6 Å². The maximum absolute atomic E-state index is 12.8. The summed E-state index contributed by atoms with van der Waals surface area (Å²) in [4.78, 5) is 23.1. The lowest BCUT2D eigenvalue weighted by Gasteiger charge is -2.14. The molecule has 0 spiro atoms. The zero-order valence-corrected chi connectivity index (χ0v) is 17.6. The predicted molar refractivity (Wildman–Crippen MR) is 123 cm³/mol. The van der Waals surface area contributed by atoms with Crippen molar-refractivity contribution in [1.29, 1.82) is 0 Å². The largest absolute Gasteiger partial charge is 0.423 e. The van der Waals surface area contributed by atoms with Crippen molar-refractivity contribution >= 4 is 29.0 Å². The number of carbonyl (C=O) groups is 1. The highest BCUT2D eigenvalue weighted by molar-refractivity contribution is 6.05. The van der Waals surface area contributed by atoms with Gasteiger partial charge in [-0.2, -0.15) is 0 Å². The molecule has 4 aromatic rings. The predicted octanol–water partition coefficient (Wildman–Crippen LogP) is 5.11. The van der Waals surface area contributed by atoms with Gasteiger partial charge in [0.05, 0.1) is 6.20 Å². The molecule has 2 heterocycles. The number of benzene rings is 2. The summed E-state index contributed by atoms with van der Waals surface area (Å²) < 4.78 is 5.80. The van der Waals surface area contributed by atoms with Crippen LogP contribution in [0.25, 0.3) is 11.3 Å². The monoisotopic (exact) mass is 413 g/mol. The molecule has 7 nitrogen and oxygen atoms in total. The highest BCUT2D eigenvalue weighted by Crippen LogP contribution is 2.26. The summed E-state index contributed by atoms with van der Waals surface area (Å²) in [5.41, 5.74) is 4.89. The van der Waals surface area contributed by atoms with E-state index in [-0.39, 0.29) is 5.91 Å². The molecule has 156 valence electrons. The summed E-state index contributed by atoms with van der Waals surface area (Å²) in [5, 5.41) is 6.12. The number of pyridine rings is 1. The Labute approximate surface area is 180 Å². The Morgan fingerprint density at radius 1 is 1.03 bits per heavy atom. The van der Waals surface area contributed by atoms with Crippen LogP contribution < -0.4 is 15.5 Å². The third-order valence-corrected chi connectivity index (χ3v) is 4.83. The normalized spacial score (nSPS) is 10.5. The molecule has 0 aliphatic carbocycles. The second-order valence-electron chi connectivity index (χ2n) is 7.32. The molecule has 2 aromatic carbocycles. The Morgan fingerprint density at radius 2 is 1.84 bits per heavy atom. The van der Waals surface area contributed by atoms with Crippen molar-refractivity contribution in [3.05, 3.63) is 84.3 Å². The van der Waals surface area contributed by atoms with Crippen molar-refractivity contribution in [2.45, 2.75) is 6.92 Å². The molecule has 0 fully saturated rings. The zero-order valence-electron chi connectivity index (χ0n) is 17.6. The average molecular weight is 413 g/mol. The molecule has 0 radical (unpaired) electrons. The van der Waals surface area contributed by atoms with Crippen LogP contribution in [0.15, 0.2) is 77.6 Å². The first-order valence-electron chi connectivity index (χ1n) is 9.82. The first-order chi connectivity index (χ1) is 15.0. The Hall–Kier alpha value is -4.13. The molecule has 2 N–H and O–H groups in total. The van der Waals surface area contributed by atoms with Gasteiger partial charge in [0.1, 0.15) is 0 Å². The van der Waals surface area contributed by atoms with E-state index < -0.39 is 0 Å². The minimum atomic E-state index is -0.191. The van der Waals surface area contributed by atoms with Crippen LogP contribution in [0.2, 0.25) is 0 Å². The minimum absolute atomic E-state index is 0.191. The minimum Gasteiger partial charge on any atom is -0.423 e. The third kappa shape index (κ3) is 4.72. The number of hydrogen-bond acceptors (Lipinski definition) is 6. The van der Waals surface area contributed by atoms with Gasteiger partial charge in [0.2, 0.25) is 0 Å². The van der Waals surface area contributed by atoms with Crippen molar-refractivity contribution in [2.24, 2.45) is 0 Å². The number of oxazole rings is 1. The second-order valence-corrected chi connectivity index (χ2v) is 7.32. The summed E-state index contributed by atoms with van der Waals surface area (Å²) in [5.74, 6) is 0.445. The number of nitrogens with zero attached hydrogens (tertiary/aromatic N) is 3. The van der Waals surface area contributed by atoms with Gasteiger partial charge in [-0.3, -0.25) is 9.78 Å². The van der Waals surface area contributed by atoms with Crippen molar-refractivity contribution in [1.82, 2.24) is 9.97 Å². The van der Waals surface area contributed by atoms with Crippen LogP contribution in [-0.2, 0) is 0 Å². The van der Waals surface area contributed by atoms with E-state index in [1.54, 1.807) is 30.7 Å². The van der Waals surface area contributed by atoms with Crippen molar-refractivity contribution < 1.29 is 9.21 Å². The second kappa shape index (κ2) is 8.71. The van der Waals surface area contributed by atoms with E-state index >= 15 is 0 Å². The molecular formula is C24H23N5O2. The first-order valence-corrected chi connectivity index (χ1v) is 9.82. The lowest BCUT2D eigenvalue weighted by molar-refractivity contribution is 0.102. The van der Waals surface area contributed by atoms with Crippen LogP contribution in [0.3, 0.4) is 0 Å². The third-order valence-electron chi connectivity index (χ3n) is 4.83. The Balaban J connectivity index is 1.51. The van der Waals surface area contributed by atoms with E-state index in [1.807, 2.05) is 68.4 Å². The topological polar surface area (TPSA) is 83.3 Å². The van der Waals surface area contributed by atoms with Crippen LogP contribution in [-0.4, -0.2) is 30.0 Å². The molecule has 0 saturated heterocycles. The highest BCUT2D eigenvalue weighted by atomic mass is 16.4. The number of aryl methyl sites for hydroxylation is 1. The smallest absolute Gasteiger partial charge is 0.299 e. The van der Waals surface area contributed by atoms with Gasteiger partial charge in [-0.25, -0.2) is 4.98 Å². The van der Waals surface area contributed by atoms with E-state index in [0.717, 1.165) is 28.2 Å². The van der Waals surface area contributed by atoms with Gasteiger partial charge < -0.3 is 20.0 Å². The molecule has 1 amide bonds. The highest BCUT2D eigenvalue weighted by Gasteiger charge is 2.12. The fraction of sp³-hybridized carbons (Fsp3) is 0.125. The summed E-state index contributed by atoms with van der Waals surface area (Å²) >= 11 is 0. The number of hydrogen-bond donors (Lipinski definition) is 2. The maximum atomic E-state index is 12.8. The number of aromatic nitrogens is 2. The number of amides is 1. The number of carbonyl (C=O) groups excluding carboxylic acids is 1. The number of rotatable bonds is 6. The molecule has 0 unspecified atom stereocenters. The van der Waals surface area contributed by atoms with Crippen LogP contribution >= 0.6 is 0 Å². The molecule has 7 heteroatoms. The van der Waals surface area contributed by atoms with Gasteiger partial charge >= 0.3 is 0 Å². The van der Waals surface area contributed by atoms with Crippen LogP contribution in [0.1, 0.15) is 15.9 Å². The van der Waals surface area contributed by atoms with Crippen LogP contribution in [0.4, 0.5) is 23.1 Å². The molecule has 0 saturated carbocycles. The van der Waals surface area contributed by atoms with Gasteiger partial charge in [-0.05, 0) is 55.0 Å². The van der Waals surface area contributed by atoms with Gasteiger partial charge in [0.15, 0.2) is 5.76 Å². The van der Waals surface area contributed by atoms with Crippen molar-refractivity contribution in [3.8, 4) is 11.3 Å². The van der Waals surface area contributed by atoms with Gasteiger partial charge in [0.25, 0.3) is 11.9 Å².